The van der Waals surface area contributed by atoms with Gasteiger partial charge in [-0.1, -0.05) is 31.9 Å². The van der Waals surface area contributed by atoms with Crippen LogP contribution in [0.15, 0.2) is 24.3 Å². The minimum absolute atomic E-state index is 0.104. The van der Waals surface area contributed by atoms with Gasteiger partial charge in [-0.2, -0.15) is 0 Å². The van der Waals surface area contributed by atoms with Crippen LogP contribution in [0.1, 0.15) is 19.4 Å². The van der Waals surface area contributed by atoms with Gasteiger partial charge in [0.15, 0.2) is 18.4 Å². The van der Waals surface area contributed by atoms with Crippen LogP contribution >= 0.6 is 31.9 Å². The number of hydrogen-bond acceptors (Lipinski definition) is 7. The lowest BCUT2D eigenvalue weighted by molar-refractivity contribution is -0.384. The number of non-ortho nitro benzene ring substituents is 1. The van der Waals surface area contributed by atoms with Gasteiger partial charge in [0.1, 0.15) is 17.4 Å². The molecule has 0 aliphatic carbocycles. The normalized spacial score (nSPS) is 26.8. The van der Waals surface area contributed by atoms with Gasteiger partial charge >= 0.3 is 5.97 Å². The highest BCUT2D eigenvalue weighted by molar-refractivity contribution is 9.26. The molecule has 146 valence electrons. The van der Waals surface area contributed by atoms with Crippen molar-refractivity contribution < 1.29 is 27.7 Å². The second-order valence-electron chi connectivity index (χ2n) is 6.77. The number of ether oxygens (including phenoxy) is 1. The number of nitro benzene ring substituents is 1. The second kappa shape index (κ2) is 6.24. The fourth-order valence-electron chi connectivity index (χ4n) is 3.21. The molecule has 2 fully saturated rings. The molecule has 1 amide bonds. The molecule has 2 aliphatic rings. The van der Waals surface area contributed by atoms with E-state index in [1.54, 1.807) is 0 Å². The number of β-lactam (4-membered cyclic amide) rings is 1. The summed E-state index contributed by atoms with van der Waals surface area (Å²) in [4.78, 5) is 36.1. The lowest BCUT2D eigenvalue weighted by Gasteiger charge is -2.45. The third-order valence-corrected chi connectivity index (χ3v) is 9.81. The number of esters is 1. The number of rotatable bonds is 4. The molecule has 2 heterocycles. The number of benzene rings is 1. The number of carbonyl (C=O) groups is 2. The molecule has 0 bridgehead atoms. The Balaban J connectivity index is 1.80. The molecule has 0 radical (unpaired) electrons. The molecule has 27 heavy (non-hydrogen) atoms. The van der Waals surface area contributed by atoms with Crippen molar-refractivity contribution in [2.75, 3.05) is 0 Å². The van der Waals surface area contributed by atoms with Crippen LogP contribution in [0.5, 0.6) is 0 Å². The van der Waals surface area contributed by atoms with E-state index in [1.807, 2.05) is 0 Å². The first-order valence-electron chi connectivity index (χ1n) is 7.67. The average Bonchev–Trinajstić information content (AvgIpc) is 2.74. The monoisotopic (exact) mass is 524 g/mol. The first-order chi connectivity index (χ1) is 12.3. The number of hydrogen-bond donors (Lipinski definition) is 0. The fraction of sp³-hybridized carbons (Fsp3) is 0.467. The number of halogens is 2. The van der Waals surface area contributed by atoms with Crippen LogP contribution in [-0.4, -0.2) is 49.5 Å². The summed E-state index contributed by atoms with van der Waals surface area (Å²) in [6.45, 7) is 2.55. The maximum atomic E-state index is 12.8. The summed E-state index contributed by atoms with van der Waals surface area (Å²) >= 11 is 6.15. The number of sulfone groups is 1. The molecule has 0 N–H and O–H groups in total. The maximum absolute atomic E-state index is 12.8. The van der Waals surface area contributed by atoms with Crippen molar-refractivity contribution in [3.63, 3.8) is 0 Å². The first-order valence-corrected chi connectivity index (χ1v) is 10.8. The summed E-state index contributed by atoms with van der Waals surface area (Å²) < 4.78 is 27.8. The molecule has 2 saturated heterocycles. The van der Waals surface area contributed by atoms with E-state index < -0.39 is 46.0 Å². The van der Waals surface area contributed by atoms with Crippen LogP contribution < -0.4 is 0 Å². The van der Waals surface area contributed by atoms with E-state index in [0.717, 1.165) is 4.90 Å². The fourth-order valence-corrected chi connectivity index (χ4v) is 7.64. The number of nitrogens with zero attached hydrogens (tertiary/aromatic N) is 2. The SMILES string of the molecule is CC1(C)C(C(=O)OCc2ccc([N+](=O)[O-])cc2)N2C(=O)C(Br)(Br)C2S1(=O)=O. The highest BCUT2D eigenvalue weighted by Crippen LogP contribution is 2.56. The van der Waals surface area contributed by atoms with Crippen molar-refractivity contribution in [1.82, 2.24) is 4.90 Å². The maximum Gasteiger partial charge on any atom is 0.330 e. The van der Waals surface area contributed by atoms with Gasteiger partial charge in [0.25, 0.3) is 11.6 Å². The van der Waals surface area contributed by atoms with Gasteiger partial charge in [0.05, 0.1) is 4.92 Å². The van der Waals surface area contributed by atoms with E-state index in [9.17, 15) is 28.1 Å². The predicted octanol–water partition coefficient (Wildman–Crippen LogP) is 1.87. The van der Waals surface area contributed by atoms with Crippen molar-refractivity contribution in [2.24, 2.45) is 0 Å². The molecule has 1 aromatic carbocycles. The van der Waals surface area contributed by atoms with Gasteiger partial charge in [-0.05, 0) is 31.5 Å². The topological polar surface area (TPSA) is 124 Å². The zero-order valence-electron chi connectivity index (χ0n) is 14.1. The van der Waals surface area contributed by atoms with Gasteiger partial charge in [0, 0.05) is 12.1 Å². The molecule has 9 nitrogen and oxygen atoms in total. The Hall–Kier alpha value is -1.53. The third-order valence-electron chi connectivity index (χ3n) is 4.80. The van der Waals surface area contributed by atoms with Crippen LogP contribution in [0.2, 0.25) is 0 Å². The Kier molecular flexibility index (Phi) is 4.67. The van der Waals surface area contributed by atoms with Gasteiger partial charge in [-0.25, -0.2) is 13.2 Å². The highest BCUT2D eigenvalue weighted by atomic mass is 79.9. The molecule has 3 rings (SSSR count). The number of carbonyl (C=O) groups excluding carboxylic acids is 2. The number of nitro groups is 1. The standard InChI is InChI=1S/C15H14Br2N2O7S/c1-14(2)10(18-12(21)15(16,17)13(18)27(14,24)25)11(20)26-7-8-3-5-9(6-4-8)19(22)23/h3-6,10,13H,7H2,1-2H3. The van der Waals surface area contributed by atoms with E-state index in [1.165, 1.54) is 38.1 Å². The molecular formula is C15H14Br2N2O7S. The Labute approximate surface area is 171 Å². The van der Waals surface area contributed by atoms with Gasteiger partial charge in [0.2, 0.25) is 0 Å². The lowest BCUT2D eigenvalue weighted by Crippen LogP contribution is -2.69. The molecule has 2 atom stereocenters. The molecule has 0 aromatic heterocycles. The lowest BCUT2D eigenvalue weighted by atomic mass is 9.98. The first kappa shape index (κ1) is 20.2. The largest absolute Gasteiger partial charge is 0.459 e. The average molecular weight is 526 g/mol. The van der Waals surface area contributed by atoms with Gasteiger partial charge in [-0.3, -0.25) is 14.9 Å². The molecular weight excluding hydrogens is 512 g/mol. The molecule has 12 heteroatoms. The van der Waals surface area contributed by atoms with E-state index in [0.29, 0.717) is 5.56 Å². The second-order valence-corrected chi connectivity index (χ2v) is 12.9. The van der Waals surface area contributed by atoms with Crippen LogP contribution in [0, 0.1) is 10.1 Å². The molecule has 1 aromatic rings. The van der Waals surface area contributed by atoms with Gasteiger partial charge in [-0.15, -0.1) is 0 Å². The summed E-state index contributed by atoms with van der Waals surface area (Å²) in [5, 5.41) is 9.44. The number of alkyl halides is 2. The summed E-state index contributed by atoms with van der Waals surface area (Å²) in [5.74, 6) is -1.42. The van der Waals surface area contributed by atoms with Crippen molar-refractivity contribution >= 4 is 59.3 Å². The summed E-state index contributed by atoms with van der Waals surface area (Å²) in [7, 11) is -3.86. The van der Waals surface area contributed by atoms with Crippen LogP contribution in [0.4, 0.5) is 5.69 Å². The summed E-state index contributed by atoms with van der Waals surface area (Å²) in [6, 6.07) is 4.11. The van der Waals surface area contributed by atoms with Crippen molar-refractivity contribution in [3.8, 4) is 0 Å². The van der Waals surface area contributed by atoms with Crippen molar-refractivity contribution in [2.45, 2.75) is 39.9 Å². The van der Waals surface area contributed by atoms with Gasteiger partial charge < -0.3 is 9.64 Å². The van der Waals surface area contributed by atoms with Crippen LogP contribution in [0.3, 0.4) is 0 Å². The molecule has 2 unspecified atom stereocenters. The van der Waals surface area contributed by atoms with E-state index in [4.69, 9.17) is 4.74 Å². The molecule has 2 aliphatic heterocycles. The molecule has 0 saturated carbocycles. The van der Waals surface area contributed by atoms with Crippen LogP contribution in [-0.2, 0) is 30.8 Å². The highest BCUT2D eigenvalue weighted by Gasteiger charge is 2.77. The number of fused-ring (bicyclic) bond motifs is 1. The predicted molar refractivity (Wildman–Crippen MR) is 101 cm³/mol. The Bertz CT molecular complexity index is 943. The Morgan fingerprint density at radius 1 is 1.30 bits per heavy atom. The Morgan fingerprint density at radius 3 is 2.37 bits per heavy atom. The smallest absolute Gasteiger partial charge is 0.330 e. The van der Waals surface area contributed by atoms with Crippen molar-refractivity contribution in [1.29, 1.82) is 0 Å². The zero-order valence-corrected chi connectivity index (χ0v) is 18.1. The Morgan fingerprint density at radius 2 is 1.85 bits per heavy atom. The zero-order chi connectivity index (χ0) is 20.4. The minimum Gasteiger partial charge on any atom is -0.459 e. The van der Waals surface area contributed by atoms with E-state index in [2.05, 4.69) is 31.9 Å². The number of amides is 1. The molecule has 0 spiro atoms. The summed E-state index contributed by atoms with van der Waals surface area (Å²) in [6.07, 6.45) is 0. The minimum atomic E-state index is -3.86. The van der Waals surface area contributed by atoms with E-state index >= 15 is 0 Å². The van der Waals surface area contributed by atoms with Crippen molar-refractivity contribution in [3.05, 3.63) is 39.9 Å². The third kappa shape index (κ3) is 2.80. The van der Waals surface area contributed by atoms with E-state index in [-0.39, 0.29) is 12.3 Å². The summed E-state index contributed by atoms with van der Waals surface area (Å²) in [5.41, 5.74) is 0.391. The quantitative estimate of drug-likeness (QED) is 0.193. The van der Waals surface area contributed by atoms with Crippen LogP contribution in [0.25, 0.3) is 0 Å².